The lowest BCUT2D eigenvalue weighted by atomic mass is 10.2. The molecule has 26 heavy (non-hydrogen) atoms. The van der Waals surface area contributed by atoms with Crippen LogP contribution >= 0.6 is 23.7 Å². The second kappa shape index (κ2) is 7.94. The summed E-state index contributed by atoms with van der Waals surface area (Å²) in [7, 11) is 1.39. The van der Waals surface area contributed by atoms with Gasteiger partial charge < -0.3 is 14.8 Å². The number of pyridine rings is 1. The van der Waals surface area contributed by atoms with Crippen LogP contribution in [0.15, 0.2) is 35.8 Å². The molecule has 1 aliphatic heterocycles. The van der Waals surface area contributed by atoms with Gasteiger partial charge in [-0.2, -0.15) is 4.98 Å². The number of aromatic nitrogens is 3. The summed E-state index contributed by atoms with van der Waals surface area (Å²) in [5.41, 5.74) is 0.694. The molecule has 0 radical (unpaired) electrons. The highest BCUT2D eigenvalue weighted by Crippen LogP contribution is 2.30. The minimum atomic E-state index is -0.343. The van der Waals surface area contributed by atoms with Gasteiger partial charge in [0.15, 0.2) is 5.82 Å². The molecule has 0 aliphatic carbocycles. The van der Waals surface area contributed by atoms with Crippen LogP contribution in [0.2, 0.25) is 0 Å². The van der Waals surface area contributed by atoms with E-state index in [1.54, 1.807) is 6.20 Å². The maximum atomic E-state index is 11.6. The summed E-state index contributed by atoms with van der Waals surface area (Å²) >= 11 is 1.53. The summed E-state index contributed by atoms with van der Waals surface area (Å²) in [6, 6.07) is 7.21. The highest BCUT2D eigenvalue weighted by Gasteiger charge is 2.32. The van der Waals surface area contributed by atoms with Crippen molar-refractivity contribution in [3.63, 3.8) is 0 Å². The molecule has 0 bridgehead atoms. The Balaban J connectivity index is 0.00000196. The monoisotopic (exact) mass is 392 g/mol. The number of thiophene rings is 1. The zero-order valence-electron chi connectivity index (χ0n) is 13.9. The molecule has 136 valence electrons. The molecule has 4 heterocycles. The molecule has 0 saturated carbocycles. The Morgan fingerprint density at radius 3 is 2.96 bits per heavy atom. The zero-order chi connectivity index (χ0) is 17.2. The number of nitrogens with one attached hydrogen (secondary N) is 1. The molecule has 7 nitrogen and oxygen atoms in total. The van der Waals surface area contributed by atoms with E-state index in [1.165, 1.54) is 18.4 Å². The number of rotatable bonds is 4. The van der Waals surface area contributed by atoms with Gasteiger partial charge in [0, 0.05) is 19.2 Å². The number of ether oxygens (including phenoxy) is 2. The van der Waals surface area contributed by atoms with Crippen molar-refractivity contribution in [1.29, 1.82) is 0 Å². The fraction of sp³-hybridized carbons (Fsp3) is 0.294. The summed E-state index contributed by atoms with van der Waals surface area (Å²) in [6.07, 6.45) is 2.10. The quantitative estimate of drug-likeness (QED) is 0.682. The van der Waals surface area contributed by atoms with Crippen LogP contribution in [0.3, 0.4) is 0 Å². The molecule has 0 aromatic carbocycles. The van der Waals surface area contributed by atoms with Crippen LogP contribution in [0.1, 0.15) is 6.42 Å². The molecule has 1 saturated heterocycles. The molecule has 2 atom stereocenters. The Kier molecular flexibility index (Phi) is 5.65. The van der Waals surface area contributed by atoms with Gasteiger partial charge in [0.2, 0.25) is 5.88 Å². The lowest BCUT2D eigenvalue weighted by molar-refractivity contribution is -0.142. The van der Waals surface area contributed by atoms with E-state index in [1.807, 2.05) is 29.6 Å². The van der Waals surface area contributed by atoms with Crippen LogP contribution in [0, 0.1) is 0 Å². The average Bonchev–Trinajstić information content (AvgIpc) is 3.31. The number of methoxy groups -OCH3 is 1. The van der Waals surface area contributed by atoms with Crippen molar-refractivity contribution < 1.29 is 14.3 Å². The van der Waals surface area contributed by atoms with Crippen molar-refractivity contribution in [2.45, 2.75) is 18.6 Å². The van der Waals surface area contributed by atoms with Gasteiger partial charge in [-0.3, -0.25) is 9.78 Å². The molecule has 1 N–H and O–H groups in total. The fourth-order valence-electron chi connectivity index (χ4n) is 2.80. The molecule has 4 rings (SSSR count). The summed E-state index contributed by atoms with van der Waals surface area (Å²) in [4.78, 5) is 25.9. The van der Waals surface area contributed by atoms with E-state index in [0.29, 0.717) is 30.4 Å². The fourth-order valence-corrected chi connectivity index (χ4v) is 3.55. The van der Waals surface area contributed by atoms with Gasteiger partial charge in [-0.15, -0.1) is 23.7 Å². The highest BCUT2D eigenvalue weighted by molar-refractivity contribution is 7.16. The number of hydrogen-bond acceptors (Lipinski definition) is 8. The third-order valence-corrected chi connectivity index (χ3v) is 4.85. The number of esters is 1. The summed E-state index contributed by atoms with van der Waals surface area (Å²) < 4.78 is 10.9. The van der Waals surface area contributed by atoms with Crippen LogP contribution in [-0.4, -0.2) is 46.7 Å². The molecule has 0 amide bonds. The number of nitrogens with zero attached hydrogens (tertiary/aromatic N) is 3. The Labute approximate surface area is 160 Å². The van der Waals surface area contributed by atoms with E-state index in [-0.39, 0.29) is 30.5 Å². The molecular formula is C17H17ClN4O3S. The predicted octanol–water partition coefficient (Wildman–Crippen LogP) is 2.46. The topological polar surface area (TPSA) is 86.2 Å². The summed E-state index contributed by atoms with van der Waals surface area (Å²) in [5.74, 6) is 0.772. The first-order chi connectivity index (χ1) is 12.2. The van der Waals surface area contributed by atoms with E-state index < -0.39 is 0 Å². The van der Waals surface area contributed by atoms with Gasteiger partial charge in [-0.1, -0.05) is 6.07 Å². The number of halogens is 1. The van der Waals surface area contributed by atoms with E-state index in [9.17, 15) is 4.79 Å². The Morgan fingerprint density at radius 1 is 1.31 bits per heavy atom. The average molecular weight is 393 g/mol. The molecule has 3 aromatic heterocycles. The van der Waals surface area contributed by atoms with Crippen LogP contribution < -0.4 is 10.1 Å². The second-order valence-electron chi connectivity index (χ2n) is 5.67. The lowest BCUT2D eigenvalue weighted by Crippen LogP contribution is -2.31. The minimum Gasteiger partial charge on any atom is -0.472 e. The van der Waals surface area contributed by atoms with E-state index in [2.05, 4.69) is 20.3 Å². The minimum absolute atomic E-state index is 0. The predicted molar refractivity (Wildman–Crippen MR) is 101 cm³/mol. The van der Waals surface area contributed by atoms with E-state index in [4.69, 9.17) is 9.47 Å². The third-order valence-electron chi connectivity index (χ3n) is 4.04. The van der Waals surface area contributed by atoms with Crippen LogP contribution in [0.5, 0.6) is 5.88 Å². The maximum Gasteiger partial charge on any atom is 0.323 e. The molecule has 1 aliphatic rings. The largest absolute Gasteiger partial charge is 0.472 e. The van der Waals surface area contributed by atoms with E-state index >= 15 is 0 Å². The molecule has 1 fully saturated rings. The molecular weight excluding hydrogens is 376 g/mol. The highest BCUT2D eigenvalue weighted by atomic mass is 35.5. The Morgan fingerprint density at radius 2 is 2.19 bits per heavy atom. The van der Waals surface area contributed by atoms with Crippen LogP contribution in [0.4, 0.5) is 0 Å². The van der Waals surface area contributed by atoms with Gasteiger partial charge in [0.25, 0.3) is 0 Å². The van der Waals surface area contributed by atoms with Gasteiger partial charge in [-0.05, 0) is 23.6 Å². The zero-order valence-corrected chi connectivity index (χ0v) is 15.5. The first-order valence-electron chi connectivity index (χ1n) is 7.89. The van der Waals surface area contributed by atoms with Crippen molar-refractivity contribution in [2.75, 3.05) is 13.7 Å². The van der Waals surface area contributed by atoms with Gasteiger partial charge in [0.05, 0.1) is 12.5 Å². The van der Waals surface area contributed by atoms with Gasteiger partial charge in [0.1, 0.15) is 22.7 Å². The van der Waals surface area contributed by atoms with Crippen LogP contribution in [-0.2, 0) is 9.53 Å². The Bertz CT molecular complexity index is 905. The standard InChI is InChI=1S/C17H16N4O3S.ClH/c1-23-17(22)13-8-10(9-19-13)24-15-11-5-7-25-16(11)21-14(20-15)12-4-2-3-6-18-12;/h2-7,10,13,19H,8-9H2,1H3;1H/t10-,13+;/m1./s1. The molecule has 9 heteroatoms. The maximum absolute atomic E-state index is 11.6. The first kappa shape index (κ1) is 18.5. The van der Waals surface area contributed by atoms with E-state index in [0.717, 1.165) is 10.2 Å². The second-order valence-corrected chi connectivity index (χ2v) is 6.56. The summed E-state index contributed by atoms with van der Waals surface area (Å²) in [5, 5.41) is 5.94. The molecule has 0 unspecified atom stereocenters. The van der Waals surface area contributed by atoms with Crippen LogP contribution in [0.25, 0.3) is 21.7 Å². The van der Waals surface area contributed by atoms with Crippen molar-refractivity contribution in [1.82, 2.24) is 20.3 Å². The number of carbonyl (C=O) groups is 1. The smallest absolute Gasteiger partial charge is 0.323 e. The van der Waals surface area contributed by atoms with Crippen molar-refractivity contribution in [3.8, 4) is 17.4 Å². The summed E-state index contributed by atoms with van der Waals surface area (Å²) in [6.45, 7) is 0.564. The van der Waals surface area contributed by atoms with Gasteiger partial charge in [-0.25, -0.2) is 4.98 Å². The van der Waals surface area contributed by atoms with Gasteiger partial charge >= 0.3 is 5.97 Å². The number of hydrogen-bond donors (Lipinski definition) is 1. The van der Waals surface area contributed by atoms with Crippen molar-refractivity contribution in [3.05, 3.63) is 35.8 Å². The normalized spacial score (nSPS) is 19.1. The SMILES string of the molecule is COC(=O)[C@@H]1C[C@@H](Oc2nc(-c3ccccn3)nc3sccc23)CN1.Cl. The lowest BCUT2D eigenvalue weighted by Gasteiger charge is -2.13. The first-order valence-corrected chi connectivity index (χ1v) is 8.77. The third kappa shape index (κ3) is 3.62. The molecule has 0 spiro atoms. The number of fused-ring (bicyclic) bond motifs is 1. The van der Waals surface area contributed by atoms with Crippen molar-refractivity contribution >= 4 is 39.9 Å². The Hall–Kier alpha value is -2.29. The van der Waals surface area contributed by atoms with Crippen molar-refractivity contribution in [2.24, 2.45) is 0 Å². The number of carbonyl (C=O) groups excluding carboxylic acids is 1. The molecule has 3 aromatic rings.